The van der Waals surface area contributed by atoms with Crippen molar-refractivity contribution >= 4 is 11.9 Å². The summed E-state index contributed by atoms with van der Waals surface area (Å²) in [6, 6.07) is 5.92. The van der Waals surface area contributed by atoms with E-state index in [4.69, 9.17) is 19.3 Å². The van der Waals surface area contributed by atoms with Crippen molar-refractivity contribution in [1.82, 2.24) is 0 Å². The van der Waals surface area contributed by atoms with E-state index in [1.807, 2.05) is 0 Å². The molecule has 0 unspecified atom stereocenters. The minimum absolute atomic E-state index is 0.0301. The lowest BCUT2D eigenvalue weighted by Gasteiger charge is -2.14. The Balaban J connectivity index is 2.46. The van der Waals surface area contributed by atoms with Gasteiger partial charge in [-0.05, 0) is 24.3 Å². The minimum Gasteiger partial charge on any atom is -0.508 e. The molecule has 126 valence electrons. The average Bonchev–Trinajstić information content (AvgIpc) is 2.55. The molecule has 3 N–H and O–H groups in total. The number of benzene rings is 2. The molecular formula is C16H14O8. The van der Waals surface area contributed by atoms with Crippen LogP contribution in [0.1, 0.15) is 20.7 Å². The van der Waals surface area contributed by atoms with Crippen molar-refractivity contribution in [2.75, 3.05) is 14.2 Å². The molecule has 0 amide bonds. The maximum absolute atomic E-state index is 12.3. The number of carboxylic acids is 1. The molecule has 0 aliphatic heterocycles. The Kier molecular flexibility index (Phi) is 4.78. The van der Waals surface area contributed by atoms with Crippen LogP contribution >= 0.6 is 0 Å². The predicted molar refractivity (Wildman–Crippen MR) is 81.2 cm³/mol. The zero-order valence-electron chi connectivity index (χ0n) is 12.8. The van der Waals surface area contributed by atoms with Crippen LogP contribution in [0.4, 0.5) is 0 Å². The van der Waals surface area contributed by atoms with Gasteiger partial charge in [-0.1, -0.05) is 0 Å². The molecule has 0 aliphatic carbocycles. The number of aromatic hydroxyl groups is 2. The molecule has 0 saturated carbocycles. The topological polar surface area (TPSA) is 123 Å². The number of phenolic OH excluding ortho intramolecular Hbond substituents is 2. The summed E-state index contributed by atoms with van der Waals surface area (Å²) in [5, 5.41) is 28.4. The Bertz CT molecular complexity index is 797. The van der Waals surface area contributed by atoms with Crippen LogP contribution < -0.4 is 14.2 Å². The highest BCUT2D eigenvalue weighted by atomic mass is 16.6. The van der Waals surface area contributed by atoms with Crippen LogP contribution in [-0.2, 0) is 0 Å². The molecule has 0 atom stereocenters. The van der Waals surface area contributed by atoms with E-state index in [0.717, 1.165) is 12.1 Å². The summed E-state index contributed by atoms with van der Waals surface area (Å²) in [4.78, 5) is 23.5. The maximum Gasteiger partial charge on any atom is 0.347 e. The number of aromatic carboxylic acids is 1. The standard InChI is InChI=1S/C16H14O8/c1-22-12-7-8(17)3-4-9(12)16(21)24-14-11(18)6-5-10(15(19)20)13(14)23-2/h3-7,17-18H,1-2H3,(H,19,20). The number of methoxy groups -OCH3 is 2. The van der Waals surface area contributed by atoms with Crippen molar-refractivity contribution in [2.45, 2.75) is 0 Å². The summed E-state index contributed by atoms with van der Waals surface area (Å²) in [7, 11) is 2.48. The quantitative estimate of drug-likeness (QED) is 0.561. The third-order valence-electron chi connectivity index (χ3n) is 3.13. The molecule has 8 heteroatoms. The second-order valence-electron chi connectivity index (χ2n) is 4.57. The second kappa shape index (κ2) is 6.78. The largest absolute Gasteiger partial charge is 0.508 e. The fourth-order valence-corrected chi connectivity index (χ4v) is 2.02. The highest BCUT2D eigenvalue weighted by Crippen LogP contribution is 2.40. The average molecular weight is 334 g/mol. The molecule has 0 aliphatic rings. The molecule has 2 aromatic rings. The molecule has 0 fully saturated rings. The van der Waals surface area contributed by atoms with Crippen LogP contribution in [0.5, 0.6) is 28.7 Å². The Morgan fingerprint density at radius 3 is 2.17 bits per heavy atom. The number of phenols is 2. The van der Waals surface area contributed by atoms with Crippen molar-refractivity contribution < 1.29 is 39.1 Å². The van der Waals surface area contributed by atoms with E-state index in [1.165, 1.54) is 32.4 Å². The van der Waals surface area contributed by atoms with Gasteiger partial charge in [-0.3, -0.25) is 0 Å². The van der Waals surface area contributed by atoms with Gasteiger partial charge in [0.15, 0.2) is 11.5 Å². The molecule has 2 rings (SSSR count). The number of carboxylic acid groups (broad SMARTS) is 1. The summed E-state index contributed by atoms with van der Waals surface area (Å²) in [6.07, 6.45) is 0. The highest BCUT2D eigenvalue weighted by Gasteiger charge is 2.24. The molecule has 24 heavy (non-hydrogen) atoms. The molecule has 0 radical (unpaired) electrons. The first-order valence-corrected chi connectivity index (χ1v) is 6.61. The summed E-state index contributed by atoms with van der Waals surface area (Å²) in [6.45, 7) is 0. The number of carbonyl (C=O) groups excluding carboxylic acids is 1. The molecule has 2 aromatic carbocycles. The van der Waals surface area contributed by atoms with E-state index >= 15 is 0 Å². The first-order valence-electron chi connectivity index (χ1n) is 6.61. The number of ether oxygens (including phenoxy) is 3. The normalized spacial score (nSPS) is 10.1. The number of rotatable bonds is 5. The van der Waals surface area contributed by atoms with Gasteiger partial charge in [-0.15, -0.1) is 0 Å². The van der Waals surface area contributed by atoms with Crippen molar-refractivity contribution in [3.8, 4) is 28.7 Å². The van der Waals surface area contributed by atoms with Crippen LogP contribution in [0.2, 0.25) is 0 Å². The van der Waals surface area contributed by atoms with Crippen LogP contribution in [-0.4, -0.2) is 41.5 Å². The Morgan fingerprint density at radius 1 is 0.917 bits per heavy atom. The Morgan fingerprint density at radius 2 is 1.58 bits per heavy atom. The molecule has 0 heterocycles. The number of carbonyl (C=O) groups is 2. The lowest BCUT2D eigenvalue weighted by molar-refractivity contribution is 0.0677. The zero-order valence-corrected chi connectivity index (χ0v) is 12.8. The van der Waals surface area contributed by atoms with Crippen molar-refractivity contribution in [2.24, 2.45) is 0 Å². The number of hydrogen-bond donors (Lipinski definition) is 3. The molecule has 0 bridgehead atoms. The SMILES string of the molecule is COc1cc(O)ccc1C(=O)Oc1c(O)ccc(C(=O)O)c1OC. The zero-order chi connectivity index (χ0) is 17.9. The highest BCUT2D eigenvalue weighted by molar-refractivity contribution is 5.97. The molecular weight excluding hydrogens is 320 g/mol. The van der Waals surface area contributed by atoms with Gasteiger partial charge < -0.3 is 29.5 Å². The van der Waals surface area contributed by atoms with E-state index in [9.17, 15) is 19.8 Å². The minimum atomic E-state index is -1.31. The van der Waals surface area contributed by atoms with E-state index in [-0.39, 0.29) is 28.4 Å². The van der Waals surface area contributed by atoms with Gasteiger partial charge in [0.2, 0.25) is 5.75 Å². The summed E-state index contributed by atoms with van der Waals surface area (Å²) >= 11 is 0. The van der Waals surface area contributed by atoms with Gasteiger partial charge in [0.1, 0.15) is 22.6 Å². The predicted octanol–water partition coefficient (Wildman–Crippen LogP) is 2.03. The smallest absolute Gasteiger partial charge is 0.347 e. The van der Waals surface area contributed by atoms with E-state index in [1.54, 1.807) is 0 Å². The van der Waals surface area contributed by atoms with Crippen molar-refractivity contribution in [1.29, 1.82) is 0 Å². The van der Waals surface area contributed by atoms with E-state index in [0.29, 0.717) is 0 Å². The van der Waals surface area contributed by atoms with E-state index in [2.05, 4.69) is 0 Å². The molecule has 0 saturated heterocycles. The molecule has 8 nitrogen and oxygen atoms in total. The maximum atomic E-state index is 12.3. The van der Waals surface area contributed by atoms with Gasteiger partial charge in [0, 0.05) is 6.07 Å². The second-order valence-corrected chi connectivity index (χ2v) is 4.57. The first-order chi connectivity index (χ1) is 11.4. The summed E-state index contributed by atoms with van der Waals surface area (Å²) in [5.74, 6) is -3.51. The first kappa shape index (κ1) is 16.9. The van der Waals surface area contributed by atoms with Crippen LogP contribution in [0.25, 0.3) is 0 Å². The van der Waals surface area contributed by atoms with Crippen LogP contribution in [0.15, 0.2) is 30.3 Å². The fourth-order valence-electron chi connectivity index (χ4n) is 2.02. The monoisotopic (exact) mass is 334 g/mol. The lowest BCUT2D eigenvalue weighted by atomic mass is 10.1. The third kappa shape index (κ3) is 3.17. The molecule has 0 spiro atoms. The van der Waals surface area contributed by atoms with Crippen molar-refractivity contribution in [3.05, 3.63) is 41.5 Å². The Hall–Kier alpha value is -3.42. The third-order valence-corrected chi connectivity index (χ3v) is 3.13. The molecule has 0 aromatic heterocycles. The van der Waals surface area contributed by atoms with Gasteiger partial charge in [0.05, 0.1) is 14.2 Å². The Labute approximate surface area is 136 Å². The van der Waals surface area contributed by atoms with Crippen molar-refractivity contribution in [3.63, 3.8) is 0 Å². The lowest BCUT2D eigenvalue weighted by Crippen LogP contribution is -2.12. The van der Waals surface area contributed by atoms with Crippen LogP contribution in [0.3, 0.4) is 0 Å². The summed E-state index contributed by atoms with van der Waals surface area (Å²) in [5.41, 5.74) is -0.312. The number of esters is 1. The van der Waals surface area contributed by atoms with Gasteiger partial charge in [-0.2, -0.15) is 0 Å². The number of hydrogen-bond acceptors (Lipinski definition) is 7. The van der Waals surface area contributed by atoms with Gasteiger partial charge in [-0.25, -0.2) is 9.59 Å². The van der Waals surface area contributed by atoms with Crippen LogP contribution in [0, 0.1) is 0 Å². The fraction of sp³-hybridized carbons (Fsp3) is 0.125. The van der Waals surface area contributed by atoms with E-state index < -0.39 is 23.4 Å². The van der Waals surface area contributed by atoms with Gasteiger partial charge in [0.25, 0.3) is 0 Å². The van der Waals surface area contributed by atoms with Gasteiger partial charge >= 0.3 is 11.9 Å². The summed E-state index contributed by atoms with van der Waals surface area (Å²) < 4.78 is 15.0.